The fraction of sp³-hybridized carbons (Fsp3) is 0.474. The molecule has 2 aliphatic rings. The number of rotatable bonds is 5. The van der Waals surface area contributed by atoms with Crippen molar-refractivity contribution in [3.05, 3.63) is 36.4 Å². The van der Waals surface area contributed by atoms with Gasteiger partial charge in [0.05, 0.1) is 4.90 Å². The second-order valence-electron chi connectivity index (χ2n) is 6.79. The van der Waals surface area contributed by atoms with E-state index in [1.54, 1.807) is 12.1 Å². The van der Waals surface area contributed by atoms with Gasteiger partial charge in [0, 0.05) is 25.1 Å². The number of carbonyl (C=O) groups is 1. The van der Waals surface area contributed by atoms with Crippen molar-refractivity contribution in [3.63, 3.8) is 0 Å². The molecule has 6 nitrogen and oxygen atoms in total. The number of aliphatic imine (C=N–C) groups is 1. The first-order chi connectivity index (χ1) is 12.5. The van der Waals surface area contributed by atoms with E-state index in [1.165, 1.54) is 12.1 Å². The molecular formula is C19H25N3O3S. The van der Waals surface area contributed by atoms with Gasteiger partial charge in [-0.05, 0) is 49.8 Å². The van der Waals surface area contributed by atoms with Crippen LogP contribution in [0.5, 0.6) is 0 Å². The maximum atomic E-state index is 12.6. The number of nitrogens with zero attached hydrogens (tertiary/aromatic N) is 1. The molecule has 1 aliphatic heterocycles. The Morgan fingerprint density at radius 3 is 2.92 bits per heavy atom. The molecule has 0 saturated carbocycles. The summed E-state index contributed by atoms with van der Waals surface area (Å²) < 4.78 is 27.8. The van der Waals surface area contributed by atoms with Crippen molar-refractivity contribution in [2.45, 2.75) is 49.8 Å². The van der Waals surface area contributed by atoms with Crippen molar-refractivity contribution in [1.29, 1.82) is 0 Å². The van der Waals surface area contributed by atoms with Crippen LogP contribution < -0.4 is 10.0 Å². The number of carbonyl (C=O) groups excluding carboxylic acids is 1. The van der Waals surface area contributed by atoms with Crippen LogP contribution in [0.2, 0.25) is 0 Å². The third kappa shape index (κ3) is 5.17. The van der Waals surface area contributed by atoms with Gasteiger partial charge in [-0.15, -0.1) is 0 Å². The summed E-state index contributed by atoms with van der Waals surface area (Å²) >= 11 is 0. The van der Waals surface area contributed by atoms with Crippen LogP contribution in [-0.4, -0.2) is 26.7 Å². The van der Waals surface area contributed by atoms with Gasteiger partial charge < -0.3 is 5.32 Å². The van der Waals surface area contributed by atoms with Crippen LogP contribution in [0.15, 0.2) is 46.3 Å². The Kier molecular flexibility index (Phi) is 6.08. The molecule has 3 rings (SSSR count). The molecule has 0 bridgehead atoms. The molecule has 0 spiro atoms. The second-order valence-corrected chi connectivity index (χ2v) is 8.47. The number of amides is 1. The zero-order chi connectivity index (χ0) is 18.4. The summed E-state index contributed by atoms with van der Waals surface area (Å²) in [4.78, 5) is 16.6. The standard InChI is InChI=1S/C19H25N3O3S/c23-19(13-15-7-3-4-8-15)21-16-9-6-10-17(14-16)26(24,25)22-18-11-2-1-5-12-20-18/h3,6-7,9-10,14-15H,1-2,4-5,8,11-13H2,(H,20,22)(H,21,23)/t15-/m0/s1. The number of benzene rings is 1. The first-order valence-electron chi connectivity index (χ1n) is 9.16. The number of sulfonamides is 1. The predicted octanol–water partition coefficient (Wildman–Crippen LogP) is 3.23. The van der Waals surface area contributed by atoms with E-state index in [4.69, 9.17) is 0 Å². The molecule has 1 aromatic rings. The second kappa shape index (κ2) is 8.49. The summed E-state index contributed by atoms with van der Waals surface area (Å²) in [7, 11) is -3.70. The van der Waals surface area contributed by atoms with Crippen molar-refractivity contribution in [1.82, 2.24) is 4.72 Å². The Morgan fingerprint density at radius 1 is 1.23 bits per heavy atom. The maximum Gasteiger partial charge on any atom is 0.262 e. The summed E-state index contributed by atoms with van der Waals surface area (Å²) in [5.41, 5.74) is 0.489. The Balaban J connectivity index is 1.66. The number of allylic oxidation sites excluding steroid dienone is 2. The lowest BCUT2D eigenvalue weighted by Crippen LogP contribution is -2.30. The van der Waals surface area contributed by atoms with E-state index in [0.29, 0.717) is 30.9 Å². The number of nitrogens with one attached hydrogen (secondary N) is 2. The highest BCUT2D eigenvalue weighted by Gasteiger charge is 2.19. The highest BCUT2D eigenvalue weighted by molar-refractivity contribution is 7.90. The molecule has 0 fully saturated rings. The van der Waals surface area contributed by atoms with E-state index in [2.05, 4.69) is 27.2 Å². The summed E-state index contributed by atoms with van der Waals surface area (Å²) in [5, 5.41) is 2.80. The zero-order valence-electron chi connectivity index (χ0n) is 14.8. The molecule has 7 heteroatoms. The van der Waals surface area contributed by atoms with Crippen molar-refractivity contribution >= 4 is 27.5 Å². The maximum absolute atomic E-state index is 12.6. The number of anilines is 1. The first-order valence-corrected chi connectivity index (χ1v) is 10.6. The SMILES string of the molecule is O=C(C[C@H]1C=CCC1)Nc1cccc(S(=O)(=O)NC2=NCCCCC2)c1. The van der Waals surface area contributed by atoms with E-state index in [1.807, 2.05) is 0 Å². The molecule has 1 atom stereocenters. The van der Waals surface area contributed by atoms with Gasteiger partial charge >= 0.3 is 0 Å². The Bertz CT molecular complexity index is 815. The lowest BCUT2D eigenvalue weighted by Gasteiger charge is -2.12. The van der Waals surface area contributed by atoms with Crippen molar-refractivity contribution in [2.24, 2.45) is 10.9 Å². The van der Waals surface area contributed by atoms with E-state index >= 15 is 0 Å². The van der Waals surface area contributed by atoms with E-state index in [0.717, 1.165) is 32.1 Å². The van der Waals surface area contributed by atoms with Crippen LogP contribution in [-0.2, 0) is 14.8 Å². The van der Waals surface area contributed by atoms with Crippen LogP contribution in [0.1, 0.15) is 44.9 Å². The Hall–Kier alpha value is -2.15. The molecule has 1 aliphatic carbocycles. The number of amidine groups is 1. The molecule has 0 unspecified atom stereocenters. The Morgan fingerprint density at radius 2 is 2.12 bits per heavy atom. The lowest BCUT2D eigenvalue weighted by atomic mass is 10.1. The molecule has 2 N–H and O–H groups in total. The van der Waals surface area contributed by atoms with Crippen LogP contribution >= 0.6 is 0 Å². The van der Waals surface area contributed by atoms with Gasteiger partial charge in [-0.2, -0.15) is 0 Å². The summed E-state index contributed by atoms with van der Waals surface area (Å²) in [6, 6.07) is 6.34. The molecule has 0 aromatic heterocycles. The summed E-state index contributed by atoms with van der Waals surface area (Å²) in [6.45, 7) is 0.656. The molecule has 0 radical (unpaired) electrons. The van der Waals surface area contributed by atoms with Gasteiger partial charge in [-0.1, -0.05) is 24.6 Å². The monoisotopic (exact) mass is 375 g/mol. The van der Waals surface area contributed by atoms with Crippen LogP contribution in [0.4, 0.5) is 5.69 Å². The first kappa shape index (κ1) is 18.6. The summed E-state index contributed by atoms with van der Waals surface area (Å²) in [6.07, 6.45) is 10.2. The highest BCUT2D eigenvalue weighted by atomic mass is 32.2. The Labute approximate surface area is 154 Å². The fourth-order valence-corrected chi connectivity index (χ4v) is 4.36. The zero-order valence-corrected chi connectivity index (χ0v) is 15.6. The van der Waals surface area contributed by atoms with E-state index in [9.17, 15) is 13.2 Å². The molecule has 26 heavy (non-hydrogen) atoms. The highest BCUT2D eigenvalue weighted by Crippen LogP contribution is 2.22. The van der Waals surface area contributed by atoms with Crippen LogP contribution in [0, 0.1) is 5.92 Å². The van der Waals surface area contributed by atoms with Gasteiger partial charge in [0.2, 0.25) is 5.91 Å². The number of hydrogen-bond donors (Lipinski definition) is 2. The third-order valence-corrected chi connectivity index (χ3v) is 5.99. The predicted molar refractivity (Wildman–Crippen MR) is 103 cm³/mol. The molecular weight excluding hydrogens is 350 g/mol. The smallest absolute Gasteiger partial charge is 0.262 e. The van der Waals surface area contributed by atoms with E-state index < -0.39 is 10.0 Å². The van der Waals surface area contributed by atoms with Crippen LogP contribution in [0.25, 0.3) is 0 Å². The lowest BCUT2D eigenvalue weighted by molar-refractivity contribution is -0.116. The molecule has 0 saturated heterocycles. The van der Waals surface area contributed by atoms with Gasteiger partial charge in [0.15, 0.2) is 0 Å². The third-order valence-electron chi connectivity index (χ3n) is 4.61. The van der Waals surface area contributed by atoms with Gasteiger partial charge in [-0.25, -0.2) is 8.42 Å². The normalized spacial score (nSPS) is 20.3. The van der Waals surface area contributed by atoms with E-state index in [-0.39, 0.29) is 16.7 Å². The largest absolute Gasteiger partial charge is 0.326 e. The fourth-order valence-electron chi connectivity index (χ4n) is 3.23. The van der Waals surface area contributed by atoms with Crippen LogP contribution in [0.3, 0.4) is 0 Å². The average molecular weight is 375 g/mol. The molecule has 1 aromatic carbocycles. The van der Waals surface area contributed by atoms with Crippen molar-refractivity contribution in [2.75, 3.05) is 11.9 Å². The van der Waals surface area contributed by atoms with Crippen molar-refractivity contribution < 1.29 is 13.2 Å². The molecule has 1 amide bonds. The average Bonchev–Trinajstić information content (AvgIpc) is 2.97. The summed E-state index contributed by atoms with van der Waals surface area (Å²) in [5.74, 6) is 0.694. The topological polar surface area (TPSA) is 87.6 Å². The van der Waals surface area contributed by atoms with Gasteiger partial charge in [0.25, 0.3) is 10.0 Å². The number of hydrogen-bond acceptors (Lipinski definition) is 4. The minimum absolute atomic E-state index is 0.0998. The van der Waals surface area contributed by atoms with Gasteiger partial charge in [-0.3, -0.25) is 14.5 Å². The van der Waals surface area contributed by atoms with Gasteiger partial charge in [0.1, 0.15) is 5.84 Å². The van der Waals surface area contributed by atoms with Crippen molar-refractivity contribution in [3.8, 4) is 0 Å². The minimum atomic E-state index is -3.70. The molecule has 140 valence electrons. The molecule has 1 heterocycles. The minimum Gasteiger partial charge on any atom is -0.326 e. The quantitative estimate of drug-likeness (QED) is 0.775.